The zero-order valence-corrected chi connectivity index (χ0v) is 19.9. The van der Waals surface area contributed by atoms with Gasteiger partial charge in [-0.1, -0.05) is 64.0 Å². The molecule has 2 fully saturated rings. The Morgan fingerprint density at radius 2 is 1.75 bits per heavy atom. The summed E-state index contributed by atoms with van der Waals surface area (Å²) in [5, 5.41) is 1.38. The van der Waals surface area contributed by atoms with Crippen LogP contribution in [-0.2, 0) is 4.74 Å². The van der Waals surface area contributed by atoms with Crippen LogP contribution >= 0.6 is 0 Å². The van der Waals surface area contributed by atoms with Gasteiger partial charge >= 0.3 is 5.97 Å². The second kappa shape index (κ2) is 10.8. The molecular weight excluding hydrogens is 399 g/mol. The second-order valence-corrected chi connectivity index (χ2v) is 10.3. The number of carbonyl (C=O) groups excluding carboxylic acids is 1. The van der Waals surface area contributed by atoms with Gasteiger partial charge in [-0.25, -0.2) is 9.18 Å². The molecule has 32 heavy (non-hydrogen) atoms. The lowest BCUT2D eigenvalue weighted by Gasteiger charge is -2.42. The molecule has 2 aliphatic rings. The zero-order chi connectivity index (χ0) is 22.5. The molecule has 174 valence electrons. The van der Waals surface area contributed by atoms with Crippen molar-refractivity contribution in [1.29, 1.82) is 0 Å². The fourth-order valence-electron chi connectivity index (χ4n) is 6.40. The number of benzene rings is 2. The van der Waals surface area contributed by atoms with Crippen molar-refractivity contribution in [1.82, 2.24) is 0 Å². The number of rotatable bonds is 8. The predicted molar refractivity (Wildman–Crippen MR) is 130 cm³/mol. The SMILES string of the molecule is CCCCCCCC1CCC2CC(c3cc(F)c4cc(C(=O)OC)ccc4c3)CCC2C1. The van der Waals surface area contributed by atoms with E-state index in [9.17, 15) is 9.18 Å². The maximum absolute atomic E-state index is 15.0. The summed E-state index contributed by atoms with van der Waals surface area (Å²) in [6.45, 7) is 2.28. The summed E-state index contributed by atoms with van der Waals surface area (Å²) >= 11 is 0. The van der Waals surface area contributed by atoms with E-state index in [1.165, 1.54) is 84.2 Å². The van der Waals surface area contributed by atoms with E-state index in [4.69, 9.17) is 4.74 Å². The van der Waals surface area contributed by atoms with Gasteiger partial charge in [-0.3, -0.25) is 0 Å². The summed E-state index contributed by atoms with van der Waals surface area (Å²) < 4.78 is 19.8. The quantitative estimate of drug-likeness (QED) is 0.305. The topological polar surface area (TPSA) is 26.3 Å². The molecule has 4 rings (SSSR count). The van der Waals surface area contributed by atoms with Gasteiger partial charge in [0.05, 0.1) is 12.7 Å². The standard InChI is InChI=1S/C29H39FO2/c1-3-4-5-6-7-8-20-9-10-22-16-23(12-11-21(22)15-20)26-17-24-13-14-25(29(31)32-2)18-27(24)28(30)19-26/h13-14,17-23H,3-12,15-16H2,1-2H3. The van der Waals surface area contributed by atoms with E-state index < -0.39 is 5.97 Å². The van der Waals surface area contributed by atoms with Crippen LogP contribution in [0.3, 0.4) is 0 Å². The molecule has 0 aliphatic heterocycles. The fourth-order valence-corrected chi connectivity index (χ4v) is 6.40. The van der Waals surface area contributed by atoms with E-state index >= 15 is 0 Å². The predicted octanol–water partition coefficient (Wildman–Crippen LogP) is 8.43. The highest BCUT2D eigenvalue weighted by molar-refractivity contribution is 5.95. The van der Waals surface area contributed by atoms with Gasteiger partial charge in [-0.2, -0.15) is 0 Å². The minimum atomic E-state index is -0.426. The van der Waals surface area contributed by atoms with Crippen molar-refractivity contribution in [2.24, 2.45) is 17.8 Å². The van der Waals surface area contributed by atoms with Crippen LogP contribution in [0.1, 0.15) is 106 Å². The number of methoxy groups -OCH3 is 1. The number of carbonyl (C=O) groups is 1. The van der Waals surface area contributed by atoms with Crippen molar-refractivity contribution in [2.75, 3.05) is 7.11 Å². The normalized spacial score (nSPS) is 25.5. The van der Waals surface area contributed by atoms with Crippen LogP contribution in [-0.4, -0.2) is 13.1 Å². The molecule has 4 atom stereocenters. The number of halogens is 1. The van der Waals surface area contributed by atoms with E-state index in [1.807, 2.05) is 6.07 Å². The Bertz CT molecular complexity index is 921. The summed E-state index contributed by atoms with van der Waals surface area (Å²) in [5.74, 6) is 2.44. The molecule has 0 heterocycles. The Morgan fingerprint density at radius 3 is 2.56 bits per heavy atom. The molecule has 0 spiro atoms. The largest absolute Gasteiger partial charge is 0.465 e. The third-order valence-corrected chi connectivity index (χ3v) is 8.26. The average molecular weight is 439 g/mol. The first kappa shape index (κ1) is 23.3. The van der Waals surface area contributed by atoms with E-state index in [0.29, 0.717) is 16.9 Å². The van der Waals surface area contributed by atoms with Crippen LogP contribution in [0.4, 0.5) is 4.39 Å². The lowest BCUT2D eigenvalue weighted by Crippen LogP contribution is -2.30. The van der Waals surface area contributed by atoms with Crippen LogP contribution in [0, 0.1) is 23.6 Å². The van der Waals surface area contributed by atoms with Crippen molar-refractivity contribution in [3.05, 3.63) is 47.3 Å². The van der Waals surface area contributed by atoms with E-state index in [2.05, 4.69) is 13.0 Å². The maximum atomic E-state index is 15.0. The lowest BCUT2D eigenvalue weighted by atomic mass is 9.63. The molecule has 0 bridgehead atoms. The minimum absolute atomic E-state index is 0.225. The molecule has 2 aromatic rings. The Labute approximate surface area is 192 Å². The Balaban J connectivity index is 1.37. The summed E-state index contributed by atoms with van der Waals surface area (Å²) in [4.78, 5) is 11.8. The van der Waals surface area contributed by atoms with Crippen molar-refractivity contribution < 1.29 is 13.9 Å². The first-order valence-corrected chi connectivity index (χ1v) is 12.9. The van der Waals surface area contributed by atoms with Gasteiger partial charge in [0.2, 0.25) is 0 Å². The molecule has 2 nitrogen and oxygen atoms in total. The Hall–Kier alpha value is -1.90. The zero-order valence-electron chi connectivity index (χ0n) is 19.9. The first-order chi connectivity index (χ1) is 15.6. The van der Waals surface area contributed by atoms with Crippen LogP contribution < -0.4 is 0 Å². The van der Waals surface area contributed by atoms with Gasteiger partial charge in [0, 0.05) is 5.39 Å². The van der Waals surface area contributed by atoms with Gasteiger partial charge in [-0.15, -0.1) is 0 Å². The second-order valence-electron chi connectivity index (χ2n) is 10.3. The Morgan fingerprint density at radius 1 is 0.969 bits per heavy atom. The Kier molecular flexibility index (Phi) is 7.86. The van der Waals surface area contributed by atoms with Crippen LogP contribution in [0.5, 0.6) is 0 Å². The number of esters is 1. The van der Waals surface area contributed by atoms with Gasteiger partial charge in [0.25, 0.3) is 0 Å². The number of ether oxygens (including phenoxy) is 1. The molecular formula is C29H39FO2. The van der Waals surface area contributed by atoms with Crippen molar-refractivity contribution >= 4 is 16.7 Å². The van der Waals surface area contributed by atoms with Crippen LogP contribution in [0.15, 0.2) is 30.3 Å². The molecule has 0 N–H and O–H groups in total. The number of unbranched alkanes of at least 4 members (excludes halogenated alkanes) is 4. The summed E-state index contributed by atoms with van der Waals surface area (Å²) in [6, 6.07) is 9.06. The highest BCUT2D eigenvalue weighted by Crippen LogP contribution is 2.48. The summed E-state index contributed by atoms with van der Waals surface area (Å²) in [7, 11) is 1.35. The number of hydrogen-bond donors (Lipinski definition) is 0. The summed E-state index contributed by atoms with van der Waals surface area (Å²) in [6.07, 6.45) is 16.2. The number of hydrogen-bond acceptors (Lipinski definition) is 2. The molecule has 0 amide bonds. The molecule has 0 radical (unpaired) electrons. The average Bonchev–Trinajstić information content (AvgIpc) is 2.82. The third kappa shape index (κ3) is 5.35. The van der Waals surface area contributed by atoms with Crippen molar-refractivity contribution in [3.8, 4) is 0 Å². The van der Waals surface area contributed by atoms with Gasteiger partial charge in [0.15, 0.2) is 0 Å². The molecule has 3 heteroatoms. The van der Waals surface area contributed by atoms with E-state index in [-0.39, 0.29) is 5.82 Å². The smallest absolute Gasteiger partial charge is 0.337 e. The number of fused-ring (bicyclic) bond motifs is 2. The minimum Gasteiger partial charge on any atom is -0.465 e. The first-order valence-electron chi connectivity index (χ1n) is 12.9. The van der Waals surface area contributed by atoms with Gasteiger partial charge in [0.1, 0.15) is 5.82 Å². The fraction of sp³-hybridized carbons (Fsp3) is 0.621. The molecule has 0 saturated heterocycles. The molecule has 0 aromatic heterocycles. The van der Waals surface area contributed by atoms with Crippen LogP contribution in [0.2, 0.25) is 0 Å². The van der Waals surface area contributed by atoms with Crippen molar-refractivity contribution in [2.45, 2.75) is 89.9 Å². The third-order valence-electron chi connectivity index (χ3n) is 8.26. The highest BCUT2D eigenvalue weighted by atomic mass is 19.1. The van der Waals surface area contributed by atoms with Crippen LogP contribution in [0.25, 0.3) is 10.8 Å². The maximum Gasteiger partial charge on any atom is 0.337 e. The van der Waals surface area contributed by atoms with Gasteiger partial charge in [-0.05, 0) is 84.9 Å². The monoisotopic (exact) mass is 438 g/mol. The molecule has 2 aromatic carbocycles. The lowest BCUT2D eigenvalue weighted by molar-refractivity contribution is 0.0601. The highest BCUT2D eigenvalue weighted by Gasteiger charge is 2.36. The summed E-state index contributed by atoms with van der Waals surface area (Å²) in [5.41, 5.74) is 1.53. The van der Waals surface area contributed by atoms with E-state index in [0.717, 1.165) is 28.7 Å². The molecule has 2 saturated carbocycles. The van der Waals surface area contributed by atoms with Gasteiger partial charge < -0.3 is 4.74 Å². The van der Waals surface area contributed by atoms with Crippen molar-refractivity contribution in [3.63, 3.8) is 0 Å². The van der Waals surface area contributed by atoms with E-state index in [1.54, 1.807) is 18.2 Å². The molecule has 4 unspecified atom stereocenters. The molecule has 2 aliphatic carbocycles.